The molecule has 0 fully saturated rings. The highest BCUT2D eigenvalue weighted by Gasteiger charge is 2.10. The summed E-state index contributed by atoms with van der Waals surface area (Å²) in [5.41, 5.74) is 7.08. The number of hydrogen-bond donors (Lipinski definition) is 2. The standard InChI is InChI=1S/C14H17N5O2/c1-8(16-14-18-9(2)17-13(15)19-14)10-4-6-11(7-5-10)12(20)21-3/h4-8H,1-3H3,(H3,15,16,17,18,19). The molecule has 1 aromatic carbocycles. The Balaban J connectivity index is 2.12. The molecule has 1 aromatic heterocycles. The predicted octanol–water partition coefficient (Wildman–Crippen LogP) is 1.72. The topological polar surface area (TPSA) is 103 Å². The Labute approximate surface area is 122 Å². The van der Waals surface area contributed by atoms with Gasteiger partial charge in [0.15, 0.2) is 0 Å². The van der Waals surface area contributed by atoms with Crippen molar-refractivity contribution in [3.05, 3.63) is 41.2 Å². The van der Waals surface area contributed by atoms with Gasteiger partial charge in [-0.2, -0.15) is 15.0 Å². The van der Waals surface area contributed by atoms with Crippen molar-refractivity contribution in [2.24, 2.45) is 0 Å². The number of methoxy groups -OCH3 is 1. The Hall–Kier alpha value is -2.70. The summed E-state index contributed by atoms with van der Waals surface area (Å²) in [6.45, 7) is 3.71. The molecule has 0 amide bonds. The SMILES string of the molecule is COC(=O)c1ccc(C(C)Nc2nc(C)nc(N)n2)cc1. The molecule has 0 saturated carbocycles. The van der Waals surface area contributed by atoms with Gasteiger partial charge in [-0.3, -0.25) is 0 Å². The van der Waals surface area contributed by atoms with Crippen LogP contribution in [0.4, 0.5) is 11.9 Å². The highest BCUT2D eigenvalue weighted by molar-refractivity contribution is 5.89. The van der Waals surface area contributed by atoms with Gasteiger partial charge in [0.2, 0.25) is 11.9 Å². The summed E-state index contributed by atoms with van der Waals surface area (Å²) >= 11 is 0. The molecule has 21 heavy (non-hydrogen) atoms. The van der Waals surface area contributed by atoms with Crippen LogP contribution in [0.15, 0.2) is 24.3 Å². The van der Waals surface area contributed by atoms with Crippen LogP contribution >= 0.6 is 0 Å². The zero-order chi connectivity index (χ0) is 15.4. The minimum atomic E-state index is -0.358. The zero-order valence-electron chi connectivity index (χ0n) is 12.1. The van der Waals surface area contributed by atoms with Gasteiger partial charge in [0.05, 0.1) is 18.7 Å². The monoisotopic (exact) mass is 287 g/mol. The van der Waals surface area contributed by atoms with E-state index in [0.717, 1.165) is 5.56 Å². The molecule has 2 aromatic rings. The number of benzene rings is 1. The molecule has 110 valence electrons. The van der Waals surface area contributed by atoms with Crippen LogP contribution in [0.3, 0.4) is 0 Å². The van der Waals surface area contributed by atoms with Crippen LogP contribution < -0.4 is 11.1 Å². The number of aromatic nitrogens is 3. The van der Waals surface area contributed by atoms with E-state index in [9.17, 15) is 4.79 Å². The number of rotatable bonds is 4. The van der Waals surface area contributed by atoms with Crippen LogP contribution in [-0.4, -0.2) is 28.0 Å². The average Bonchev–Trinajstić information content (AvgIpc) is 2.45. The van der Waals surface area contributed by atoms with Crippen LogP contribution in [0.5, 0.6) is 0 Å². The third kappa shape index (κ3) is 3.65. The summed E-state index contributed by atoms with van der Waals surface area (Å²) in [4.78, 5) is 23.5. The Morgan fingerprint density at radius 3 is 2.48 bits per heavy atom. The van der Waals surface area contributed by atoms with E-state index in [4.69, 9.17) is 5.73 Å². The van der Waals surface area contributed by atoms with Gasteiger partial charge in [0, 0.05) is 0 Å². The molecule has 0 radical (unpaired) electrons. The van der Waals surface area contributed by atoms with Crippen LogP contribution in [0.2, 0.25) is 0 Å². The van der Waals surface area contributed by atoms with Crippen molar-refractivity contribution in [1.29, 1.82) is 0 Å². The maximum absolute atomic E-state index is 11.4. The van der Waals surface area contributed by atoms with Crippen molar-refractivity contribution >= 4 is 17.9 Å². The molecule has 0 aliphatic carbocycles. The van der Waals surface area contributed by atoms with E-state index >= 15 is 0 Å². The molecule has 2 rings (SSSR count). The van der Waals surface area contributed by atoms with Gasteiger partial charge < -0.3 is 15.8 Å². The number of anilines is 2. The fourth-order valence-electron chi connectivity index (χ4n) is 1.87. The molecular formula is C14H17N5O2. The number of carbonyl (C=O) groups excluding carboxylic acids is 1. The van der Waals surface area contributed by atoms with Crippen LogP contribution in [0, 0.1) is 6.92 Å². The highest BCUT2D eigenvalue weighted by atomic mass is 16.5. The van der Waals surface area contributed by atoms with Crippen molar-refractivity contribution in [2.45, 2.75) is 19.9 Å². The van der Waals surface area contributed by atoms with Gasteiger partial charge in [-0.15, -0.1) is 0 Å². The first-order chi connectivity index (χ1) is 9.99. The van der Waals surface area contributed by atoms with E-state index in [1.807, 2.05) is 19.1 Å². The van der Waals surface area contributed by atoms with Gasteiger partial charge in [0.1, 0.15) is 5.82 Å². The number of carbonyl (C=O) groups is 1. The lowest BCUT2D eigenvalue weighted by molar-refractivity contribution is 0.0600. The number of nitrogen functional groups attached to an aromatic ring is 1. The van der Waals surface area contributed by atoms with Crippen LogP contribution in [0.25, 0.3) is 0 Å². The fraction of sp³-hybridized carbons (Fsp3) is 0.286. The lowest BCUT2D eigenvalue weighted by Gasteiger charge is -2.14. The van der Waals surface area contributed by atoms with Gasteiger partial charge in [-0.1, -0.05) is 12.1 Å². The summed E-state index contributed by atoms with van der Waals surface area (Å²) in [6, 6.07) is 7.08. The molecule has 0 aliphatic rings. The smallest absolute Gasteiger partial charge is 0.337 e. The third-order valence-corrected chi connectivity index (χ3v) is 2.94. The zero-order valence-corrected chi connectivity index (χ0v) is 12.1. The van der Waals surface area contributed by atoms with Crippen LogP contribution in [0.1, 0.15) is 34.7 Å². The summed E-state index contributed by atoms with van der Waals surface area (Å²) < 4.78 is 4.66. The highest BCUT2D eigenvalue weighted by Crippen LogP contribution is 2.18. The molecule has 0 saturated heterocycles. The maximum atomic E-state index is 11.4. The second-order valence-electron chi connectivity index (χ2n) is 4.54. The molecule has 0 spiro atoms. The lowest BCUT2D eigenvalue weighted by atomic mass is 10.1. The molecule has 1 heterocycles. The Morgan fingerprint density at radius 2 is 1.90 bits per heavy atom. The maximum Gasteiger partial charge on any atom is 0.337 e. The normalized spacial score (nSPS) is 11.8. The Morgan fingerprint density at radius 1 is 1.24 bits per heavy atom. The first-order valence-corrected chi connectivity index (χ1v) is 6.42. The van der Waals surface area contributed by atoms with Gasteiger partial charge in [-0.05, 0) is 31.5 Å². The first-order valence-electron chi connectivity index (χ1n) is 6.42. The molecule has 0 bridgehead atoms. The van der Waals surface area contributed by atoms with Crippen molar-refractivity contribution in [1.82, 2.24) is 15.0 Å². The predicted molar refractivity (Wildman–Crippen MR) is 78.8 cm³/mol. The number of ether oxygens (including phenoxy) is 1. The molecule has 0 aliphatic heterocycles. The quantitative estimate of drug-likeness (QED) is 0.825. The second kappa shape index (κ2) is 6.17. The largest absolute Gasteiger partial charge is 0.465 e. The van der Waals surface area contributed by atoms with Gasteiger partial charge in [-0.25, -0.2) is 4.79 Å². The van der Waals surface area contributed by atoms with E-state index in [1.165, 1.54) is 7.11 Å². The first kappa shape index (κ1) is 14.7. The van der Waals surface area contributed by atoms with E-state index in [-0.39, 0.29) is 18.0 Å². The van der Waals surface area contributed by atoms with Gasteiger partial charge >= 0.3 is 5.97 Å². The minimum Gasteiger partial charge on any atom is -0.465 e. The minimum absolute atomic E-state index is 0.0436. The molecule has 7 heteroatoms. The Bertz CT molecular complexity index is 622. The number of aryl methyl sites for hydroxylation is 1. The number of esters is 1. The van der Waals surface area contributed by atoms with E-state index in [2.05, 4.69) is 25.0 Å². The molecule has 3 N–H and O–H groups in total. The summed E-state index contributed by atoms with van der Waals surface area (Å²) in [7, 11) is 1.36. The van der Waals surface area contributed by atoms with E-state index in [0.29, 0.717) is 17.3 Å². The summed E-state index contributed by atoms with van der Waals surface area (Å²) in [5, 5.41) is 3.14. The summed E-state index contributed by atoms with van der Waals surface area (Å²) in [5.74, 6) is 0.795. The molecule has 1 atom stereocenters. The van der Waals surface area contributed by atoms with Crippen molar-refractivity contribution < 1.29 is 9.53 Å². The van der Waals surface area contributed by atoms with E-state index < -0.39 is 0 Å². The fourth-order valence-corrected chi connectivity index (χ4v) is 1.87. The van der Waals surface area contributed by atoms with Crippen molar-refractivity contribution in [2.75, 3.05) is 18.2 Å². The van der Waals surface area contributed by atoms with Crippen molar-refractivity contribution in [3.8, 4) is 0 Å². The lowest BCUT2D eigenvalue weighted by Crippen LogP contribution is -2.12. The second-order valence-corrected chi connectivity index (χ2v) is 4.54. The molecular weight excluding hydrogens is 270 g/mol. The summed E-state index contributed by atoms with van der Waals surface area (Å²) in [6.07, 6.45) is 0. The molecule has 1 unspecified atom stereocenters. The third-order valence-electron chi connectivity index (χ3n) is 2.94. The van der Waals surface area contributed by atoms with E-state index in [1.54, 1.807) is 19.1 Å². The molecule has 7 nitrogen and oxygen atoms in total. The number of nitrogens with one attached hydrogen (secondary N) is 1. The number of hydrogen-bond acceptors (Lipinski definition) is 7. The Kier molecular flexibility index (Phi) is 4.32. The average molecular weight is 287 g/mol. The number of nitrogens with two attached hydrogens (primary N) is 1. The van der Waals surface area contributed by atoms with Crippen molar-refractivity contribution in [3.63, 3.8) is 0 Å². The van der Waals surface area contributed by atoms with Crippen LogP contribution in [-0.2, 0) is 4.74 Å². The van der Waals surface area contributed by atoms with Gasteiger partial charge in [0.25, 0.3) is 0 Å². The number of nitrogens with zero attached hydrogens (tertiary/aromatic N) is 3.